The number of esters is 2. The van der Waals surface area contributed by atoms with Crippen molar-refractivity contribution in [1.82, 2.24) is 0 Å². The third-order valence-electron chi connectivity index (χ3n) is 8.27. The summed E-state index contributed by atoms with van der Waals surface area (Å²) in [7, 11) is -4.40. The lowest BCUT2D eigenvalue weighted by Gasteiger charge is -2.19. The second kappa shape index (κ2) is 40.8. The summed E-state index contributed by atoms with van der Waals surface area (Å²) in [5, 5.41) is 0. The normalized spacial score (nSPS) is 14.2. The highest BCUT2D eigenvalue weighted by molar-refractivity contribution is 7.47. The molecule has 314 valence electrons. The number of rotatable bonds is 38. The molecule has 2 atom stereocenters. The van der Waals surface area contributed by atoms with Crippen LogP contribution in [-0.4, -0.2) is 49.3 Å². The quantitative estimate of drug-likeness (QED) is 0.0271. The fourth-order valence-corrected chi connectivity index (χ4v) is 5.93. The van der Waals surface area contributed by atoms with Crippen LogP contribution < -0.4 is 5.73 Å². The lowest BCUT2D eigenvalue weighted by molar-refractivity contribution is -0.161. The number of phosphoric acid groups is 1. The molecule has 10 heteroatoms. The summed E-state index contributed by atoms with van der Waals surface area (Å²) in [6, 6.07) is 0. The van der Waals surface area contributed by atoms with Crippen molar-refractivity contribution < 1.29 is 37.6 Å². The van der Waals surface area contributed by atoms with Crippen molar-refractivity contribution in [3.8, 4) is 0 Å². The fraction of sp³-hybridized carbons (Fsp3) is 0.644. The number of phosphoric ester groups is 1. The van der Waals surface area contributed by atoms with E-state index in [1.165, 1.54) is 44.9 Å². The summed E-state index contributed by atoms with van der Waals surface area (Å²) < 4.78 is 32.7. The van der Waals surface area contributed by atoms with Crippen molar-refractivity contribution in [2.45, 2.75) is 161 Å². The van der Waals surface area contributed by atoms with Gasteiger partial charge in [-0.2, -0.15) is 0 Å². The van der Waals surface area contributed by atoms with Gasteiger partial charge >= 0.3 is 19.8 Å². The molecule has 0 aromatic heterocycles. The third kappa shape index (κ3) is 40.7. The van der Waals surface area contributed by atoms with Gasteiger partial charge in [-0.1, -0.05) is 144 Å². The first-order chi connectivity index (χ1) is 26.8. The summed E-state index contributed by atoms with van der Waals surface area (Å²) in [6.07, 6.45) is 50.4. The van der Waals surface area contributed by atoms with Gasteiger partial charge in [0.2, 0.25) is 0 Å². The molecule has 0 saturated heterocycles. The topological polar surface area (TPSA) is 134 Å². The van der Waals surface area contributed by atoms with Crippen molar-refractivity contribution >= 4 is 19.8 Å². The second-order valence-corrected chi connectivity index (χ2v) is 14.9. The molecule has 0 radical (unpaired) electrons. The second-order valence-electron chi connectivity index (χ2n) is 13.5. The average molecular weight is 790 g/mol. The molecule has 0 aliphatic carbocycles. The van der Waals surface area contributed by atoms with Gasteiger partial charge < -0.3 is 20.1 Å². The van der Waals surface area contributed by atoms with Gasteiger partial charge in [-0.05, 0) is 83.5 Å². The van der Waals surface area contributed by atoms with Crippen LogP contribution in [0.3, 0.4) is 0 Å². The predicted octanol–water partition coefficient (Wildman–Crippen LogP) is 12.0. The van der Waals surface area contributed by atoms with Gasteiger partial charge in [-0.3, -0.25) is 18.6 Å². The Labute approximate surface area is 334 Å². The molecule has 0 saturated carbocycles. The number of unbranched alkanes of at least 4 members (excludes halogenated alkanes) is 11. The molecule has 9 nitrogen and oxygen atoms in total. The number of carbonyl (C=O) groups is 2. The Balaban J connectivity index is 4.30. The van der Waals surface area contributed by atoms with E-state index in [1.54, 1.807) is 0 Å². The minimum atomic E-state index is -4.40. The van der Waals surface area contributed by atoms with Gasteiger partial charge in [0.25, 0.3) is 0 Å². The first kappa shape index (κ1) is 52.2. The molecule has 0 aliphatic heterocycles. The van der Waals surface area contributed by atoms with E-state index in [1.807, 2.05) is 6.08 Å². The lowest BCUT2D eigenvalue weighted by atomic mass is 10.1. The molecule has 0 rings (SSSR count). The Kier molecular flexibility index (Phi) is 38.8. The van der Waals surface area contributed by atoms with E-state index in [0.717, 1.165) is 64.2 Å². The molecule has 0 fully saturated rings. The van der Waals surface area contributed by atoms with Crippen molar-refractivity contribution in [3.63, 3.8) is 0 Å². The Morgan fingerprint density at radius 3 is 1.55 bits per heavy atom. The van der Waals surface area contributed by atoms with Crippen molar-refractivity contribution in [3.05, 3.63) is 85.1 Å². The first-order valence-electron chi connectivity index (χ1n) is 21.1. The van der Waals surface area contributed by atoms with E-state index in [0.29, 0.717) is 19.3 Å². The van der Waals surface area contributed by atoms with E-state index in [-0.39, 0.29) is 32.6 Å². The van der Waals surface area contributed by atoms with Crippen molar-refractivity contribution in [1.29, 1.82) is 0 Å². The number of ether oxygens (including phenoxy) is 2. The van der Waals surface area contributed by atoms with Crippen LogP contribution in [0.2, 0.25) is 0 Å². The maximum atomic E-state index is 12.5. The largest absolute Gasteiger partial charge is 0.472 e. The zero-order valence-corrected chi connectivity index (χ0v) is 35.3. The summed E-state index contributed by atoms with van der Waals surface area (Å²) in [5.41, 5.74) is 5.34. The molecule has 2 unspecified atom stereocenters. The van der Waals surface area contributed by atoms with E-state index >= 15 is 0 Å². The van der Waals surface area contributed by atoms with Gasteiger partial charge in [0.15, 0.2) is 6.10 Å². The molecule has 55 heavy (non-hydrogen) atoms. The lowest BCUT2D eigenvalue weighted by Crippen LogP contribution is -2.29. The molecule has 0 aromatic carbocycles. The highest BCUT2D eigenvalue weighted by Crippen LogP contribution is 2.43. The van der Waals surface area contributed by atoms with Crippen LogP contribution in [0.5, 0.6) is 0 Å². The Morgan fingerprint density at radius 2 is 1.02 bits per heavy atom. The van der Waals surface area contributed by atoms with Gasteiger partial charge in [-0.15, -0.1) is 0 Å². The minimum Gasteiger partial charge on any atom is -0.462 e. The maximum Gasteiger partial charge on any atom is 0.472 e. The van der Waals surface area contributed by atoms with Gasteiger partial charge in [0.05, 0.1) is 13.2 Å². The Morgan fingerprint density at radius 1 is 0.564 bits per heavy atom. The Hall–Kier alpha value is -2.81. The predicted molar refractivity (Wildman–Crippen MR) is 229 cm³/mol. The minimum absolute atomic E-state index is 0.0387. The molecule has 0 heterocycles. The molecule has 3 N–H and O–H groups in total. The highest BCUT2D eigenvalue weighted by Gasteiger charge is 2.25. The van der Waals surface area contributed by atoms with Crippen LogP contribution in [0.1, 0.15) is 155 Å². The maximum absolute atomic E-state index is 12.5. The molecule has 0 spiro atoms. The smallest absolute Gasteiger partial charge is 0.462 e. The molecule has 0 aromatic rings. The van der Waals surface area contributed by atoms with Gasteiger partial charge in [-0.25, -0.2) is 4.57 Å². The average Bonchev–Trinajstić information content (AvgIpc) is 3.17. The number of carbonyl (C=O) groups excluding carboxylic acids is 2. The molecular formula is C45H76NO8P. The van der Waals surface area contributed by atoms with Crippen LogP contribution in [0.25, 0.3) is 0 Å². The zero-order chi connectivity index (χ0) is 40.3. The standard InChI is InChI=1S/C45H76NO8P/c1-3-5-7-9-11-13-15-17-19-21-23-25-27-29-31-33-35-37-44(47)51-41-43(42-53-55(49,50)52-40-39-46)54-45(48)38-36-34-32-30-28-26-24-22-20-18-16-14-12-10-8-6-4-2/h6,8,11-14,17-20,24,26,30,32,43H,3-5,7,9-10,15-16,21-23,25,27-29,31,33-42,46H2,1-2H3,(H,49,50). The van der Waals surface area contributed by atoms with Crippen molar-refractivity contribution in [2.75, 3.05) is 26.4 Å². The van der Waals surface area contributed by atoms with Crippen LogP contribution >= 0.6 is 7.82 Å². The molecule has 0 aliphatic rings. The third-order valence-corrected chi connectivity index (χ3v) is 9.25. The van der Waals surface area contributed by atoms with Gasteiger partial charge in [0.1, 0.15) is 6.61 Å². The summed E-state index contributed by atoms with van der Waals surface area (Å²) >= 11 is 0. The summed E-state index contributed by atoms with van der Waals surface area (Å²) in [5.74, 6) is -0.914. The summed E-state index contributed by atoms with van der Waals surface area (Å²) in [4.78, 5) is 34.8. The molecular weight excluding hydrogens is 713 g/mol. The Bertz CT molecular complexity index is 1170. The number of nitrogens with two attached hydrogens (primary N) is 1. The highest BCUT2D eigenvalue weighted by atomic mass is 31.2. The first-order valence-corrected chi connectivity index (χ1v) is 22.6. The molecule has 0 bridgehead atoms. The van der Waals surface area contributed by atoms with Crippen LogP contribution in [-0.2, 0) is 32.7 Å². The number of allylic oxidation sites excluding steroid dienone is 14. The van der Waals surface area contributed by atoms with Crippen LogP contribution in [0.4, 0.5) is 0 Å². The van der Waals surface area contributed by atoms with E-state index < -0.39 is 32.5 Å². The van der Waals surface area contributed by atoms with E-state index in [2.05, 4.69) is 92.8 Å². The SMILES string of the molecule is CCC=CCC=CCC=CCC=CCC=CCCCC(=O)OC(COC(=O)CCCCCCCCCC=CCC=CCCCCC)COP(=O)(O)OCCN. The monoisotopic (exact) mass is 790 g/mol. The molecule has 0 amide bonds. The van der Waals surface area contributed by atoms with Crippen LogP contribution in [0.15, 0.2) is 85.1 Å². The number of hydrogen-bond donors (Lipinski definition) is 2. The zero-order valence-electron chi connectivity index (χ0n) is 34.4. The van der Waals surface area contributed by atoms with E-state index in [4.69, 9.17) is 24.3 Å². The summed E-state index contributed by atoms with van der Waals surface area (Å²) in [6.45, 7) is 3.49. The fourth-order valence-electron chi connectivity index (χ4n) is 5.17. The van der Waals surface area contributed by atoms with E-state index in [9.17, 15) is 19.0 Å². The van der Waals surface area contributed by atoms with Crippen LogP contribution in [0, 0.1) is 0 Å². The van der Waals surface area contributed by atoms with Gasteiger partial charge in [0, 0.05) is 19.4 Å². The van der Waals surface area contributed by atoms with Crippen molar-refractivity contribution in [2.24, 2.45) is 5.73 Å². The number of hydrogen-bond acceptors (Lipinski definition) is 8.